The Morgan fingerprint density at radius 1 is 1.11 bits per heavy atom. The summed E-state index contributed by atoms with van der Waals surface area (Å²) in [4.78, 5) is 8.99. The van der Waals surface area contributed by atoms with Gasteiger partial charge >= 0.3 is 0 Å². The number of pyridine rings is 1. The van der Waals surface area contributed by atoms with Crippen molar-refractivity contribution in [2.75, 3.05) is 13.1 Å². The van der Waals surface area contributed by atoms with E-state index in [0.29, 0.717) is 0 Å². The highest BCUT2D eigenvalue weighted by Gasteiger charge is 2.17. The molecule has 0 aliphatic carbocycles. The summed E-state index contributed by atoms with van der Waals surface area (Å²) in [5.41, 5.74) is 3.56. The summed E-state index contributed by atoms with van der Waals surface area (Å²) < 4.78 is 0. The molecule has 1 unspecified atom stereocenters. The predicted octanol–water partition coefficient (Wildman–Crippen LogP) is 2.58. The van der Waals surface area contributed by atoms with Crippen LogP contribution in [-0.4, -0.2) is 23.9 Å². The molecule has 0 radical (unpaired) electrons. The maximum atomic E-state index is 4.53. The van der Waals surface area contributed by atoms with Crippen LogP contribution < -0.4 is 5.32 Å². The van der Waals surface area contributed by atoms with Crippen molar-refractivity contribution in [3.05, 3.63) is 65.5 Å². The third-order valence-corrected chi connectivity index (χ3v) is 3.49. The third-order valence-electron chi connectivity index (χ3n) is 3.49. The average Bonchev–Trinajstić information content (AvgIpc) is 3.01. The lowest BCUT2D eigenvalue weighted by molar-refractivity contribution is 0.867. The number of aromatic nitrogens is 1. The molecule has 0 saturated heterocycles. The highest BCUT2D eigenvalue weighted by Crippen LogP contribution is 2.25. The van der Waals surface area contributed by atoms with Gasteiger partial charge in [-0.1, -0.05) is 37.3 Å². The molecule has 96 valence electrons. The molecular formula is C16H17N3. The summed E-state index contributed by atoms with van der Waals surface area (Å²) in [6, 6.07) is 14.5. The molecule has 19 heavy (non-hydrogen) atoms. The molecule has 2 aromatic rings. The number of aliphatic imine (C=N–C) groups is 1. The molecule has 2 heterocycles. The van der Waals surface area contributed by atoms with E-state index in [0.717, 1.165) is 24.6 Å². The van der Waals surface area contributed by atoms with E-state index in [9.17, 15) is 0 Å². The first-order chi connectivity index (χ1) is 9.36. The zero-order valence-corrected chi connectivity index (χ0v) is 11.0. The topological polar surface area (TPSA) is 37.3 Å². The van der Waals surface area contributed by atoms with Crippen LogP contribution in [0.15, 0.2) is 53.7 Å². The second kappa shape index (κ2) is 5.22. The molecule has 0 saturated carbocycles. The summed E-state index contributed by atoms with van der Waals surface area (Å²) in [5, 5.41) is 3.35. The van der Waals surface area contributed by atoms with Crippen LogP contribution in [0, 0.1) is 0 Å². The van der Waals surface area contributed by atoms with Gasteiger partial charge in [-0.15, -0.1) is 0 Å². The fourth-order valence-corrected chi connectivity index (χ4v) is 2.46. The minimum atomic E-state index is 0.266. The van der Waals surface area contributed by atoms with Crippen molar-refractivity contribution in [2.24, 2.45) is 4.99 Å². The van der Waals surface area contributed by atoms with E-state index in [-0.39, 0.29) is 5.92 Å². The second-order valence-corrected chi connectivity index (χ2v) is 4.72. The van der Waals surface area contributed by atoms with Crippen LogP contribution in [0.5, 0.6) is 0 Å². The van der Waals surface area contributed by atoms with E-state index >= 15 is 0 Å². The third kappa shape index (κ3) is 2.36. The fraction of sp³-hybridized carbons (Fsp3) is 0.250. The van der Waals surface area contributed by atoms with E-state index in [4.69, 9.17) is 0 Å². The summed E-state index contributed by atoms with van der Waals surface area (Å²) in [6.07, 6.45) is 1.85. The molecular weight excluding hydrogens is 234 g/mol. The van der Waals surface area contributed by atoms with Crippen LogP contribution in [0.2, 0.25) is 0 Å². The molecule has 1 aliphatic rings. The molecule has 3 nitrogen and oxygen atoms in total. The predicted molar refractivity (Wildman–Crippen MR) is 77.6 cm³/mol. The van der Waals surface area contributed by atoms with Crippen LogP contribution in [0.1, 0.15) is 29.7 Å². The van der Waals surface area contributed by atoms with Crippen LogP contribution in [0.3, 0.4) is 0 Å². The van der Waals surface area contributed by atoms with Crippen LogP contribution in [0.4, 0.5) is 0 Å². The molecule has 0 fully saturated rings. The molecule has 0 amide bonds. The van der Waals surface area contributed by atoms with Crippen LogP contribution in [0.25, 0.3) is 0 Å². The largest absolute Gasteiger partial charge is 0.368 e. The average molecular weight is 251 g/mol. The van der Waals surface area contributed by atoms with Gasteiger partial charge in [0.1, 0.15) is 5.84 Å². The Labute approximate surface area is 113 Å². The molecule has 3 heteroatoms. The van der Waals surface area contributed by atoms with Crippen molar-refractivity contribution < 1.29 is 0 Å². The minimum Gasteiger partial charge on any atom is -0.368 e. The van der Waals surface area contributed by atoms with Gasteiger partial charge < -0.3 is 5.32 Å². The first-order valence-electron chi connectivity index (χ1n) is 6.65. The summed E-state index contributed by atoms with van der Waals surface area (Å²) in [5.74, 6) is 1.28. The Morgan fingerprint density at radius 2 is 1.95 bits per heavy atom. The highest BCUT2D eigenvalue weighted by atomic mass is 15.1. The zero-order chi connectivity index (χ0) is 13.1. The van der Waals surface area contributed by atoms with Gasteiger partial charge in [0.2, 0.25) is 0 Å². The monoisotopic (exact) mass is 251 g/mol. The van der Waals surface area contributed by atoms with Crippen LogP contribution >= 0.6 is 0 Å². The number of hydrogen-bond acceptors (Lipinski definition) is 3. The Hall–Kier alpha value is -2.16. The molecule has 1 atom stereocenters. The quantitative estimate of drug-likeness (QED) is 0.910. The van der Waals surface area contributed by atoms with Gasteiger partial charge in [-0.25, -0.2) is 0 Å². The Balaban J connectivity index is 2.01. The number of rotatable bonds is 3. The molecule has 1 aliphatic heterocycles. The first kappa shape index (κ1) is 11.9. The van der Waals surface area contributed by atoms with Gasteiger partial charge in [-0.05, 0) is 17.7 Å². The maximum Gasteiger partial charge on any atom is 0.128 e. The van der Waals surface area contributed by atoms with Gasteiger partial charge in [0, 0.05) is 29.9 Å². The normalized spacial score (nSPS) is 15.7. The number of amidine groups is 1. The Morgan fingerprint density at radius 3 is 2.68 bits per heavy atom. The van der Waals surface area contributed by atoms with Gasteiger partial charge in [0.15, 0.2) is 0 Å². The zero-order valence-electron chi connectivity index (χ0n) is 11.0. The molecule has 0 spiro atoms. The number of nitrogens with zero attached hydrogens (tertiary/aromatic N) is 2. The van der Waals surface area contributed by atoms with Crippen LogP contribution in [-0.2, 0) is 0 Å². The highest BCUT2D eigenvalue weighted by molar-refractivity contribution is 6.01. The fourth-order valence-electron chi connectivity index (χ4n) is 2.46. The molecule has 1 aromatic heterocycles. The van der Waals surface area contributed by atoms with Gasteiger partial charge in [0.25, 0.3) is 0 Å². The molecule has 1 aromatic carbocycles. The van der Waals surface area contributed by atoms with Crippen molar-refractivity contribution >= 4 is 5.84 Å². The number of hydrogen-bond donors (Lipinski definition) is 1. The standard InChI is InChI=1S/C16H17N3/c1-12(15-8-4-5-9-17-15)13-6-2-3-7-14(13)16-18-10-11-19-16/h2-9,12H,10-11H2,1H3,(H,18,19). The van der Waals surface area contributed by atoms with Crippen molar-refractivity contribution in [1.29, 1.82) is 0 Å². The van der Waals surface area contributed by atoms with Crippen molar-refractivity contribution in [3.8, 4) is 0 Å². The molecule has 0 bridgehead atoms. The van der Waals surface area contributed by atoms with E-state index in [2.05, 4.69) is 52.5 Å². The lowest BCUT2D eigenvalue weighted by atomic mass is 9.92. The van der Waals surface area contributed by atoms with Crippen molar-refractivity contribution in [2.45, 2.75) is 12.8 Å². The lowest BCUT2D eigenvalue weighted by Crippen LogP contribution is -2.21. The molecule has 1 N–H and O–H groups in total. The van der Waals surface area contributed by atoms with E-state index in [1.807, 2.05) is 18.3 Å². The SMILES string of the molecule is CC(c1ccccn1)c1ccccc1C1=NCCN1. The number of nitrogens with one attached hydrogen (secondary N) is 1. The smallest absolute Gasteiger partial charge is 0.128 e. The molecule has 3 rings (SSSR count). The van der Waals surface area contributed by atoms with Crippen molar-refractivity contribution in [3.63, 3.8) is 0 Å². The van der Waals surface area contributed by atoms with Crippen molar-refractivity contribution in [1.82, 2.24) is 10.3 Å². The minimum absolute atomic E-state index is 0.266. The summed E-state index contributed by atoms with van der Waals surface area (Å²) in [6.45, 7) is 3.99. The van der Waals surface area contributed by atoms with E-state index < -0.39 is 0 Å². The van der Waals surface area contributed by atoms with E-state index in [1.54, 1.807) is 0 Å². The lowest BCUT2D eigenvalue weighted by Gasteiger charge is -2.16. The Kier molecular flexibility index (Phi) is 3.27. The summed E-state index contributed by atoms with van der Waals surface area (Å²) in [7, 11) is 0. The summed E-state index contributed by atoms with van der Waals surface area (Å²) >= 11 is 0. The second-order valence-electron chi connectivity index (χ2n) is 4.72. The van der Waals surface area contributed by atoms with Gasteiger partial charge in [-0.2, -0.15) is 0 Å². The Bertz CT molecular complexity index is 590. The number of benzene rings is 1. The van der Waals surface area contributed by atoms with E-state index in [1.165, 1.54) is 11.1 Å². The first-order valence-corrected chi connectivity index (χ1v) is 6.65. The van der Waals surface area contributed by atoms with Gasteiger partial charge in [-0.3, -0.25) is 9.98 Å². The van der Waals surface area contributed by atoms with Gasteiger partial charge in [0.05, 0.1) is 6.54 Å². The maximum absolute atomic E-state index is 4.53.